The Labute approximate surface area is 293 Å². The molecule has 3 aromatic heterocycles. The van der Waals surface area contributed by atoms with E-state index in [9.17, 15) is 0 Å². The van der Waals surface area contributed by atoms with Crippen molar-refractivity contribution in [3.63, 3.8) is 0 Å². The van der Waals surface area contributed by atoms with Crippen molar-refractivity contribution in [1.82, 2.24) is 9.97 Å². The van der Waals surface area contributed by atoms with Gasteiger partial charge in [-0.1, -0.05) is 106 Å². The molecule has 0 saturated carbocycles. The molecule has 4 nitrogen and oxygen atoms in total. The molecule has 233 valence electrons. The molecule has 1 radical (unpaired) electrons. The monoisotopic (exact) mass is 797 g/mol. The van der Waals surface area contributed by atoms with Crippen molar-refractivity contribution in [3.8, 4) is 34.2 Å². The van der Waals surface area contributed by atoms with Gasteiger partial charge in [0.15, 0.2) is 0 Å². The van der Waals surface area contributed by atoms with Crippen molar-refractivity contribution in [1.29, 1.82) is 0 Å². The number of aromatic nitrogens is 2. The van der Waals surface area contributed by atoms with Crippen molar-refractivity contribution in [3.05, 3.63) is 163 Å². The maximum absolute atomic E-state index is 6.58. The third-order valence-corrected chi connectivity index (χ3v) is 8.72. The Balaban J connectivity index is 0.000000237. The van der Waals surface area contributed by atoms with E-state index in [4.69, 9.17) is 9.15 Å². The van der Waals surface area contributed by atoms with E-state index < -0.39 is 0 Å². The van der Waals surface area contributed by atoms with Crippen LogP contribution in [0, 0.1) is 26.0 Å². The normalized spacial score (nSPS) is 11.5. The molecule has 0 aliphatic carbocycles. The van der Waals surface area contributed by atoms with Crippen LogP contribution < -0.4 is 21.1 Å². The Bertz CT molecular complexity index is 2300. The molecule has 0 N–H and O–H groups in total. The van der Waals surface area contributed by atoms with Crippen molar-refractivity contribution in [2.75, 3.05) is 0 Å². The Morgan fingerprint density at radius 3 is 2.06 bits per heavy atom. The van der Waals surface area contributed by atoms with E-state index in [-0.39, 0.29) is 26.8 Å². The van der Waals surface area contributed by atoms with E-state index in [0.717, 1.165) is 60.9 Å². The fraction of sp³-hybridized carbons (Fsp3) is 0.0476. The summed E-state index contributed by atoms with van der Waals surface area (Å²) in [6.45, 7) is 4.36. The summed E-state index contributed by atoms with van der Waals surface area (Å²) in [4.78, 5) is 8.84. The SMILES string of the molecule is Cc1cccc(C)c1B1c2ccccc2Oc2oc3c(-c4ccccn4)[c-]c4ccccc4c3c21.[Ir].[c-]1ccccc1-c1ccccn1. The van der Waals surface area contributed by atoms with Gasteiger partial charge in [-0.2, -0.15) is 0 Å². The zero-order valence-corrected chi connectivity index (χ0v) is 28.8. The Morgan fingerprint density at radius 1 is 0.646 bits per heavy atom. The van der Waals surface area contributed by atoms with Crippen molar-refractivity contribution in [2.45, 2.75) is 13.8 Å². The number of para-hydroxylation sites is 1. The maximum Gasteiger partial charge on any atom is 0.277 e. The number of nitrogens with zero attached hydrogens (tertiary/aromatic N) is 2. The van der Waals surface area contributed by atoms with Crippen LogP contribution in [0.4, 0.5) is 0 Å². The van der Waals surface area contributed by atoms with Crippen molar-refractivity contribution >= 4 is 44.8 Å². The molecule has 1 aliphatic heterocycles. The average molecular weight is 797 g/mol. The van der Waals surface area contributed by atoms with Gasteiger partial charge in [0, 0.05) is 43.7 Å². The molecular formula is C42H29BIrN2O2-2. The van der Waals surface area contributed by atoms with Gasteiger partial charge in [0.2, 0.25) is 0 Å². The van der Waals surface area contributed by atoms with Gasteiger partial charge in [-0.25, -0.2) is 0 Å². The van der Waals surface area contributed by atoms with Gasteiger partial charge in [-0.15, -0.1) is 53.4 Å². The molecule has 0 atom stereocenters. The van der Waals surface area contributed by atoms with Crippen LogP contribution in [-0.4, -0.2) is 16.7 Å². The van der Waals surface area contributed by atoms with Gasteiger partial charge in [-0.3, -0.25) is 4.98 Å². The van der Waals surface area contributed by atoms with E-state index in [0.29, 0.717) is 5.95 Å². The molecule has 0 fully saturated rings. The fourth-order valence-electron chi connectivity index (χ4n) is 6.62. The number of hydrogen-bond donors (Lipinski definition) is 0. The molecule has 0 spiro atoms. The predicted molar refractivity (Wildman–Crippen MR) is 191 cm³/mol. The van der Waals surface area contributed by atoms with E-state index in [1.165, 1.54) is 16.6 Å². The molecule has 9 rings (SSSR count). The first-order valence-corrected chi connectivity index (χ1v) is 15.7. The topological polar surface area (TPSA) is 48.2 Å². The van der Waals surface area contributed by atoms with Crippen LogP contribution in [0.15, 0.2) is 144 Å². The van der Waals surface area contributed by atoms with E-state index in [1.807, 2.05) is 78.9 Å². The first-order chi connectivity index (χ1) is 23.2. The second-order valence-electron chi connectivity index (χ2n) is 11.6. The number of pyridine rings is 2. The summed E-state index contributed by atoms with van der Waals surface area (Å²) in [5, 5.41) is 3.20. The molecule has 8 aromatic rings. The van der Waals surface area contributed by atoms with Crippen LogP contribution in [-0.2, 0) is 20.1 Å². The zero-order valence-electron chi connectivity index (χ0n) is 26.4. The third-order valence-electron chi connectivity index (χ3n) is 8.72. The number of rotatable bonds is 3. The number of ether oxygens (including phenoxy) is 1. The second-order valence-corrected chi connectivity index (χ2v) is 11.6. The molecule has 0 bridgehead atoms. The summed E-state index contributed by atoms with van der Waals surface area (Å²) in [6, 6.07) is 49.5. The average Bonchev–Trinajstić information content (AvgIpc) is 3.52. The van der Waals surface area contributed by atoms with Gasteiger partial charge < -0.3 is 14.1 Å². The van der Waals surface area contributed by atoms with E-state index >= 15 is 0 Å². The molecule has 6 heteroatoms. The first-order valence-electron chi connectivity index (χ1n) is 15.7. The minimum Gasteiger partial charge on any atom is -0.464 e. The minimum atomic E-state index is -0.0141. The summed E-state index contributed by atoms with van der Waals surface area (Å²) >= 11 is 0. The summed E-state index contributed by atoms with van der Waals surface area (Å²) in [5.41, 5.74) is 10.5. The zero-order chi connectivity index (χ0) is 31.7. The Kier molecular flexibility index (Phi) is 8.77. The van der Waals surface area contributed by atoms with E-state index in [1.54, 1.807) is 12.4 Å². The first kappa shape index (κ1) is 31.3. The second kappa shape index (κ2) is 13.4. The van der Waals surface area contributed by atoms with Gasteiger partial charge in [0.05, 0.1) is 5.58 Å². The number of aryl methyl sites for hydroxylation is 2. The smallest absolute Gasteiger partial charge is 0.277 e. The molecule has 4 heterocycles. The summed E-state index contributed by atoms with van der Waals surface area (Å²) in [7, 11) is 0. The molecule has 0 unspecified atom stereocenters. The number of benzene rings is 5. The van der Waals surface area contributed by atoms with Gasteiger partial charge >= 0.3 is 0 Å². The van der Waals surface area contributed by atoms with Crippen LogP contribution in [0.5, 0.6) is 11.7 Å². The Morgan fingerprint density at radius 2 is 1.33 bits per heavy atom. The molecular weight excluding hydrogens is 768 g/mol. The molecule has 0 amide bonds. The van der Waals surface area contributed by atoms with Gasteiger partial charge in [0.25, 0.3) is 12.7 Å². The van der Waals surface area contributed by atoms with Gasteiger partial charge in [0.1, 0.15) is 5.75 Å². The summed E-state index contributed by atoms with van der Waals surface area (Å²) in [6.07, 6.45) is 3.59. The molecule has 5 aromatic carbocycles. The van der Waals surface area contributed by atoms with Crippen molar-refractivity contribution in [2.24, 2.45) is 0 Å². The fourth-order valence-corrected chi connectivity index (χ4v) is 6.62. The number of hydrogen-bond acceptors (Lipinski definition) is 4. The maximum atomic E-state index is 6.58. The van der Waals surface area contributed by atoms with Crippen LogP contribution in [0.25, 0.3) is 44.3 Å². The number of fused-ring (bicyclic) bond motifs is 6. The number of furan rings is 1. The Hall–Kier alpha value is -5.29. The molecule has 48 heavy (non-hydrogen) atoms. The minimum absolute atomic E-state index is 0. The quantitative estimate of drug-likeness (QED) is 0.134. The predicted octanol–water partition coefficient (Wildman–Crippen LogP) is 8.23. The molecule has 0 saturated heterocycles. The summed E-state index contributed by atoms with van der Waals surface area (Å²) in [5.74, 6) is 1.38. The third kappa shape index (κ3) is 5.64. The van der Waals surface area contributed by atoms with Crippen LogP contribution in [0.1, 0.15) is 11.1 Å². The van der Waals surface area contributed by atoms with Gasteiger partial charge in [-0.05, 0) is 48.6 Å². The van der Waals surface area contributed by atoms with Crippen LogP contribution in [0.2, 0.25) is 0 Å². The van der Waals surface area contributed by atoms with Crippen molar-refractivity contribution < 1.29 is 29.3 Å². The molecule has 1 aliphatic rings. The van der Waals surface area contributed by atoms with Crippen LogP contribution in [0.3, 0.4) is 0 Å². The van der Waals surface area contributed by atoms with E-state index in [2.05, 4.69) is 84.5 Å². The standard InChI is InChI=1S/C31H21BNO2.C11H8N.Ir/c1-19-10-9-11-20(2)28(19)32-24-14-5-6-16-26(24)34-31-29(32)27-22-13-4-3-12-21(22)18-23(30(27)35-31)25-15-7-8-17-33-25;1-2-6-10(7-3-1)11-8-4-5-9-12-11;/h3-17H,1-2H3;1-6,8-9H;/q2*-1;. The summed E-state index contributed by atoms with van der Waals surface area (Å²) < 4.78 is 13.0. The van der Waals surface area contributed by atoms with Crippen LogP contribution >= 0.6 is 0 Å². The largest absolute Gasteiger partial charge is 0.464 e.